The van der Waals surface area contributed by atoms with Crippen molar-refractivity contribution in [1.29, 1.82) is 0 Å². The fourth-order valence-corrected chi connectivity index (χ4v) is 1.19. The topological polar surface area (TPSA) is 76.0 Å². The van der Waals surface area contributed by atoms with Gasteiger partial charge >= 0.3 is 5.97 Å². The molecule has 15 heavy (non-hydrogen) atoms. The molecule has 0 fully saturated rings. The van der Waals surface area contributed by atoms with Crippen molar-refractivity contribution in [1.82, 2.24) is 0 Å². The van der Waals surface area contributed by atoms with Gasteiger partial charge in [-0.1, -0.05) is 12.1 Å². The highest BCUT2D eigenvalue weighted by Gasteiger charge is 2.12. The second-order valence-electron chi connectivity index (χ2n) is 2.86. The number of phenols is 1. The number of aromatic hydroxyl groups is 1. The van der Waals surface area contributed by atoms with Crippen LogP contribution in [0.4, 0.5) is 5.69 Å². The number of carbonyl (C=O) groups excluding carboxylic acids is 1. The van der Waals surface area contributed by atoms with Crippen LogP contribution in [0.3, 0.4) is 0 Å². The first-order valence-corrected chi connectivity index (χ1v) is 4.48. The maximum absolute atomic E-state index is 11.1. The number of carbonyl (C=O) groups is 1. The summed E-state index contributed by atoms with van der Waals surface area (Å²) in [5, 5.41) is 12.0. The van der Waals surface area contributed by atoms with Crippen molar-refractivity contribution in [3.05, 3.63) is 28.7 Å². The number of benzene rings is 1. The van der Waals surface area contributed by atoms with Crippen LogP contribution in [0.2, 0.25) is 0 Å². The summed E-state index contributed by atoms with van der Waals surface area (Å²) in [6.07, 6.45) is -0.0662. The van der Waals surface area contributed by atoms with E-state index < -0.39 is 5.97 Å². The molecule has 0 saturated heterocycles. The minimum Gasteiger partial charge on any atom is -0.506 e. The van der Waals surface area contributed by atoms with Gasteiger partial charge in [-0.15, -0.1) is 4.91 Å². The zero-order valence-electron chi connectivity index (χ0n) is 8.27. The van der Waals surface area contributed by atoms with Gasteiger partial charge < -0.3 is 9.84 Å². The molecule has 1 aromatic carbocycles. The highest BCUT2D eigenvalue weighted by molar-refractivity contribution is 5.75. The minimum absolute atomic E-state index is 0.0662. The van der Waals surface area contributed by atoms with E-state index in [2.05, 4.69) is 5.18 Å². The highest BCUT2D eigenvalue weighted by atomic mass is 16.5. The predicted molar refractivity (Wildman–Crippen MR) is 53.9 cm³/mol. The Hall–Kier alpha value is -1.91. The van der Waals surface area contributed by atoms with Crippen LogP contribution in [-0.4, -0.2) is 17.7 Å². The average Bonchev–Trinajstić information content (AvgIpc) is 2.18. The summed E-state index contributed by atoms with van der Waals surface area (Å²) < 4.78 is 4.72. The number of nitroso groups, excluding NO2 is 1. The van der Waals surface area contributed by atoms with Gasteiger partial charge in [0.25, 0.3) is 0 Å². The minimum atomic E-state index is -0.451. The molecule has 0 radical (unpaired) electrons. The molecule has 5 heteroatoms. The molecule has 0 bridgehead atoms. The molecule has 1 aromatic rings. The van der Waals surface area contributed by atoms with Crippen molar-refractivity contribution >= 4 is 11.7 Å². The number of nitrogens with zero attached hydrogens (tertiary/aromatic N) is 1. The standard InChI is InChI=1S/C10H11NO4/c1-2-15-9(13)6-7-4-3-5-8(12)10(7)11-14/h3-5,12H,2,6H2,1H3. The molecule has 0 atom stereocenters. The van der Waals surface area contributed by atoms with Gasteiger partial charge in [-0.25, -0.2) is 0 Å². The van der Waals surface area contributed by atoms with E-state index in [1.165, 1.54) is 6.07 Å². The highest BCUT2D eigenvalue weighted by Crippen LogP contribution is 2.30. The number of hydrogen-bond donors (Lipinski definition) is 1. The van der Waals surface area contributed by atoms with Crippen LogP contribution in [0.1, 0.15) is 12.5 Å². The van der Waals surface area contributed by atoms with Gasteiger partial charge in [0.05, 0.1) is 13.0 Å². The lowest BCUT2D eigenvalue weighted by Gasteiger charge is -2.04. The Bertz CT molecular complexity index is 376. The quantitative estimate of drug-likeness (QED) is 0.606. The third-order valence-electron chi connectivity index (χ3n) is 1.83. The monoisotopic (exact) mass is 209 g/mol. The van der Waals surface area contributed by atoms with Crippen molar-refractivity contribution in [2.45, 2.75) is 13.3 Å². The zero-order valence-corrected chi connectivity index (χ0v) is 8.27. The molecule has 0 aliphatic heterocycles. The molecule has 0 unspecified atom stereocenters. The van der Waals surface area contributed by atoms with Crippen LogP contribution in [-0.2, 0) is 16.0 Å². The van der Waals surface area contributed by atoms with Crippen molar-refractivity contribution in [2.75, 3.05) is 6.61 Å². The normalized spacial score (nSPS) is 9.67. The maximum atomic E-state index is 11.1. The largest absolute Gasteiger partial charge is 0.506 e. The molecular formula is C10H11NO4. The Kier molecular flexibility index (Phi) is 3.79. The summed E-state index contributed by atoms with van der Waals surface area (Å²) in [5.74, 6) is -0.681. The molecule has 0 spiro atoms. The van der Waals surface area contributed by atoms with E-state index in [4.69, 9.17) is 4.74 Å². The van der Waals surface area contributed by atoms with Crippen LogP contribution in [0.5, 0.6) is 5.75 Å². The number of hydrogen-bond acceptors (Lipinski definition) is 5. The predicted octanol–water partition coefficient (Wildman–Crippen LogP) is 1.90. The fourth-order valence-electron chi connectivity index (χ4n) is 1.19. The van der Waals surface area contributed by atoms with E-state index in [1.54, 1.807) is 19.1 Å². The third-order valence-corrected chi connectivity index (χ3v) is 1.83. The number of rotatable bonds is 4. The van der Waals surface area contributed by atoms with Crippen LogP contribution in [0, 0.1) is 4.91 Å². The van der Waals surface area contributed by atoms with Crippen molar-refractivity contribution < 1.29 is 14.6 Å². The van der Waals surface area contributed by atoms with Gasteiger partial charge in [-0.3, -0.25) is 4.79 Å². The number of esters is 1. The van der Waals surface area contributed by atoms with Crippen molar-refractivity contribution in [2.24, 2.45) is 5.18 Å². The van der Waals surface area contributed by atoms with Crippen LogP contribution >= 0.6 is 0 Å². The van der Waals surface area contributed by atoms with Gasteiger partial charge in [-0.05, 0) is 23.7 Å². The van der Waals surface area contributed by atoms with Crippen molar-refractivity contribution in [3.63, 3.8) is 0 Å². The van der Waals surface area contributed by atoms with E-state index in [0.717, 1.165) is 0 Å². The summed E-state index contributed by atoms with van der Waals surface area (Å²) in [6, 6.07) is 4.43. The van der Waals surface area contributed by atoms with Gasteiger partial charge in [0.2, 0.25) is 0 Å². The van der Waals surface area contributed by atoms with E-state index in [0.29, 0.717) is 5.56 Å². The summed E-state index contributed by atoms with van der Waals surface area (Å²) in [5.41, 5.74) is 0.258. The van der Waals surface area contributed by atoms with E-state index >= 15 is 0 Å². The Morgan fingerprint density at radius 3 is 2.87 bits per heavy atom. The molecule has 0 amide bonds. The smallest absolute Gasteiger partial charge is 0.310 e. The number of ether oxygens (including phenoxy) is 1. The molecule has 0 heterocycles. The lowest BCUT2D eigenvalue weighted by molar-refractivity contribution is -0.142. The maximum Gasteiger partial charge on any atom is 0.310 e. The second-order valence-corrected chi connectivity index (χ2v) is 2.86. The summed E-state index contributed by atoms with van der Waals surface area (Å²) in [7, 11) is 0. The summed E-state index contributed by atoms with van der Waals surface area (Å²) in [6.45, 7) is 1.97. The molecule has 0 aromatic heterocycles. The van der Waals surface area contributed by atoms with Gasteiger partial charge in [0.1, 0.15) is 5.75 Å². The fraction of sp³-hybridized carbons (Fsp3) is 0.300. The van der Waals surface area contributed by atoms with E-state index in [1.807, 2.05) is 0 Å². The van der Waals surface area contributed by atoms with Crippen LogP contribution in [0.25, 0.3) is 0 Å². The first kappa shape index (κ1) is 11.2. The van der Waals surface area contributed by atoms with Crippen LogP contribution < -0.4 is 0 Å². The second kappa shape index (κ2) is 5.09. The van der Waals surface area contributed by atoms with Crippen molar-refractivity contribution in [3.8, 4) is 5.75 Å². The van der Waals surface area contributed by atoms with Gasteiger partial charge in [0.15, 0.2) is 5.69 Å². The first-order valence-electron chi connectivity index (χ1n) is 4.48. The molecule has 80 valence electrons. The lowest BCUT2D eigenvalue weighted by atomic mass is 10.1. The Labute approximate surface area is 86.7 Å². The average molecular weight is 209 g/mol. The zero-order chi connectivity index (χ0) is 11.3. The summed E-state index contributed by atoms with van der Waals surface area (Å²) in [4.78, 5) is 21.6. The summed E-state index contributed by atoms with van der Waals surface area (Å²) >= 11 is 0. The SMILES string of the molecule is CCOC(=O)Cc1cccc(O)c1N=O. The van der Waals surface area contributed by atoms with E-state index in [-0.39, 0.29) is 24.5 Å². The first-order chi connectivity index (χ1) is 7.19. The van der Waals surface area contributed by atoms with Crippen LogP contribution in [0.15, 0.2) is 23.4 Å². The molecule has 0 aliphatic carbocycles. The molecule has 5 nitrogen and oxygen atoms in total. The molecule has 0 aliphatic rings. The Morgan fingerprint density at radius 1 is 1.53 bits per heavy atom. The molecule has 1 rings (SSSR count). The Balaban J connectivity index is 2.89. The lowest BCUT2D eigenvalue weighted by Crippen LogP contribution is -2.07. The molecular weight excluding hydrogens is 198 g/mol. The van der Waals surface area contributed by atoms with Gasteiger partial charge in [-0.2, -0.15) is 0 Å². The Morgan fingerprint density at radius 2 is 2.27 bits per heavy atom. The van der Waals surface area contributed by atoms with Gasteiger partial charge in [0, 0.05) is 0 Å². The third kappa shape index (κ3) is 2.77. The number of phenolic OH excluding ortho intramolecular Hbond substituents is 1. The molecule has 0 saturated carbocycles. The molecule has 1 N–H and O–H groups in total. The van der Waals surface area contributed by atoms with E-state index in [9.17, 15) is 14.8 Å².